The first-order chi connectivity index (χ1) is 13.6. The predicted octanol–water partition coefficient (Wildman–Crippen LogP) is -1.04. The molecule has 0 aromatic carbocycles. The number of nitrogens with zero attached hydrogens (tertiary/aromatic N) is 2. The Balaban J connectivity index is -0.00000392. The normalized spacial score (nSPS) is 11.5. The van der Waals surface area contributed by atoms with Crippen LogP contribution in [0.5, 0.6) is 0 Å². The van der Waals surface area contributed by atoms with Crippen molar-refractivity contribution in [3.05, 3.63) is 0 Å². The number of unbranched alkanes of at least 4 members (excludes halogenated alkanes) is 6. The van der Waals surface area contributed by atoms with Gasteiger partial charge >= 0.3 is 0 Å². The van der Waals surface area contributed by atoms with Gasteiger partial charge in [0.25, 0.3) is 0 Å². The van der Waals surface area contributed by atoms with Crippen molar-refractivity contribution < 1.29 is 43.4 Å². The first-order valence-corrected chi connectivity index (χ1v) is 13.0. The molecule has 0 N–H and O–H groups in total. The summed E-state index contributed by atoms with van der Waals surface area (Å²) in [7, 11) is 8.67. The Morgan fingerprint density at radius 3 is 1.29 bits per heavy atom. The Bertz CT molecular complexity index is 421. The Kier molecular flexibility index (Phi) is 24.0. The zero-order valence-corrected chi connectivity index (χ0v) is 23.5. The third kappa shape index (κ3) is 23.2. The molecule has 0 spiro atoms. The molecule has 0 aliphatic carbocycles. The molecule has 0 aromatic rings. The second kappa shape index (κ2) is 20.8. The fraction of sp³-hybridized carbons (Fsp3) is 0.917. The number of halogens is 2. The van der Waals surface area contributed by atoms with Gasteiger partial charge in [-0.2, -0.15) is 11.8 Å². The highest BCUT2D eigenvalue weighted by molar-refractivity contribution is 7.99. The molecule has 0 unspecified atom stereocenters. The molecular formula is C24H50Cl2N2O2S. The van der Waals surface area contributed by atoms with Crippen molar-refractivity contribution in [3.63, 3.8) is 0 Å². The highest BCUT2D eigenvalue weighted by Crippen LogP contribution is 2.11. The Hall–Kier alpha value is 0.190. The molecule has 0 aromatic heterocycles. The largest absolute Gasteiger partial charge is 1.00 e. The van der Waals surface area contributed by atoms with Gasteiger partial charge in [-0.1, -0.05) is 52.4 Å². The number of quaternary nitrogens is 2. The molecule has 4 nitrogen and oxygen atoms in total. The predicted molar refractivity (Wildman–Crippen MR) is 129 cm³/mol. The highest BCUT2D eigenvalue weighted by Gasteiger charge is 2.21. The van der Waals surface area contributed by atoms with Crippen LogP contribution in [0.2, 0.25) is 0 Å². The van der Waals surface area contributed by atoms with Crippen LogP contribution in [-0.4, -0.2) is 86.4 Å². The zero-order chi connectivity index (χ0) is 22.2. The quantitative estimate of drug-likeness (QED) is 0.158. The van der Waals surface area contributed by atoms with E-state index in [2.05, 4.69) is 42.0 Å². The summed E-state index contributed by atoms with van der Waals surface area (Å²) in [5.41, 5.74) is 0. The summed E-state index contributed by atoms with van der Waals surface area (Å²) in [4.78, 5) is 24.4. The summed E-state index contributed by atoms with van der Waals surface area (Å²) in [5.74, 6) is 2.96. The lowest BCUT2D eigenvalue weighted by Crippen LogP contribution is -3.00. The molecule has 0 rings (SSSR count). The molecule has 0 bridgehead atoms. The van der Waals surface area contributed by atoms with Crippen LogP contribution >= 0.6 is 11.8 Å². The van der Waals surface area contributed by atoms with Gasteiger partial charge in [-0.3, -0.25) is 9.59 Å². The molecule has 0 saturated carbocycles. The van der Waals surface area contributed by atoms with Crippen LogP contribution in [0, 0.1) is 0 Å². The number of hydrogen-bond donors (Lipinski definition) is 0. The van der Waals surface area contributed by atoms with E-state index in [0.29, 0.717) is 24.7 Å². The zero-order valence-electron chi connectivity index (χ0n) is 21.2. The van der Waals surface area contributed by atoms with Gasteiger partial charge in [-0.25, -0.2) is 0 Å². The molecule has 0 atom stereocenters. The van der Waals surface area contributed by atoms with E-state index in [1.54, 1.807) is 0 Å². The lowest BCUT2D eigenvalue weighted by molar-refractivity contribution is -0.880. The van der Waals surface area contributed by atoms with Gasteiger partial charge in [0.1, 0.15) is 13.1 Å². The van der Waals surface area contributed by atoms with Gasteiger partial charge in [0.2, 0.25) is 0 Å². The van der Waals surface area contributed by atoms with Gasteiger partial charge in [-0.15, -0.1) is 0 Å². The van der Waals surface area contributed by atoms with E-state index in [-0.39, 0.29) is 24.8 Å². The SMILES string of the molecule is CCCCCCC(=O)C[N+](C)(C)CCSCC[N+](C)(C)CC(=O)CCCCCC.[Cl-].[Cl-]. The average Bonchev–Trinajstić information content (AvgIpc) is 2.61. The summed E-state index contributed by atoms with van der Waals surface area (Å²) in [6, 6.07) is 0. The maximum absolute atomic E-state index is 12.2. The summed E-state index contributed by atoms with van der Waals surface area (Å²) in [6.07, 6.45) is 10.9. The smallest absolute Gasteiger partial charge is 0.186 e. The van der Waals surface area contributed by atoms with Crippen LogP contribution in [0.3, 0.4) is 0 Å². The maximum Gasteiger partial charge on any atom is 0.186 e. The van der Waals surface area contributed by atoms with Crippen molar-refractivity contribution in [2.75, 3.05) is 65.9 Å². The van der Waals surface area contributed by atoms with Crippen molar-refractivity contribution in [3.8, 4) is 0 Å². The van der Waals surface area contributed by atoms with Gasteiger partial charge in [0.15, 0.2) is 11.6 Å². The number of rotatable bonds is 20. The molecule has 0 amide bonds. The molecule has 7 heteroatoms. The Morgan fingerprint density at radius 1 is 0.613 bits per heavy atom. The van der Waals surface area contributed by atoms with Gasteiger partial charge in [-0.05, 0) is 12.8 Å². The second-order valence-corrected chi connectivity index (χ2v) is 11.2. The van der Waals surface area contributed by atoms with Crippen LogP contribution in [0.25, 0.3) is 0 Å². The molecule has 0 aliphatic rings. The second-order valence-electron chi connectivity index (χ2n) is 9.95. The lowest BCUT2D eigenvalue weighted by atomic mass is 10.1. The van der Waals surface area contributed by atoms with Crippen molar-refractivity contribution in [2.24, 2.45) is 0 Å². The van der Waals surface area contributed by atoms with E-state index in [0.717, 1.165) is 59.2 Å². The van der Waals surface area contributed by atoms with Crippen molar-refractivity contribution >= 4 is 23.3 Å². The molecular weight excluding hydrogens is 451 g/mol. The molecule has 0 heterocycles. The molecule has 0 saturated heterocycles. The maximum atomic E-state index is 12.2. The topological polar surface area (TPSA) is 34.1 Å². The number of carbonyl (C=O) groups excluding carboxylic acids is 2. The lowest BCUT2D eigenvalue weighted by Gasteiger charge is -2.30. The Morgan fingerprint density at radius 2 is 0.968 bits per heavy atom. The fourth-order valence-electron chi connectivity index (χ4n) is 3.49. The molecule has 0 radical (unpaired) electrons. The monoisotopic (exact) mass is 500 g/mol. The van der Waals surface area contributed by atoms with E-state index < -0.39 is 0 Å². The summed E-state index contributed by atoms with van der Waals surface area (Å²) in [6.45, 7) is 7.75. The number of thioether (sulfide) groups is 1. The summed E-state index contributed by atoms with van der Waals surface area (Å²) >= 11 is 1.96. The number of ketones is 2. The van der Waals surface area contributed by atoms with Gasteiger partial charge in [0.05, 0.1) is 41.3 Å². The van der Waals surface area contributed by atoms with Crippen LogP contribution in [-0.2, 0) is 9.59 Å². The number of Topliss-reactive ketones (excluding diaryl/α,β-unsaturated/α-hetero) is 2. The van der Waals surface area contributed by atoms with Crippen LogP contribution < -0.4 is 24.8 Å². The Labute approximate surface area is 210 Å². The van der Waals surface area contributed by atoms with Crippen LogP contribution in [0.1, 0.15) is 78.1 Å². The molecule has 0 fully saturated rings. The van der Waals surface area contributed by atoms with Gasteiger partial charge in [0, 0.05) is 24.3 Å². The minimum Gasteiger partial charge on any atom is -1.00 e. The van der Waals surface area contributed by atoms with Crippen LogP contribution in [0.4, 0.5) is 0 Å². The molecule has 0 aliphatic heterocycles. The number of carbonyl (C=O) groups is 2. The van der Waals surface area contributed by atoms with Crippen molar-refractivity contribution in [1.82, 2.24) is 0 Å². The average molecular weight is 502 g/mol. The van der Waals surface area contributed by atoms with E-state index in [1.165, 1.54) is 38.5 Å². The van der Waals surface area contributed by atoms with Crippen LogP contribution in [0.15, 0.2) is 0 Å². The summed E-state index contributed by atoms with van der Waals surface area (Å²) < 4.78 is 1.57. The summed E-state index contributed by atoms with van der Waals surface area (Å²) in [5, 5.41) is 0. The molecule has 31 heavy (non-hydrogen) atoms. The minimum atomic E-state index is 0. The van der Waals surface area contributed by atoms with Gasteiger partial charge < -0.3 is 33.8 Å². The van der Waals surface area contributed by atoms with E-state index >= 15 is 0 Å². The van der Waals surface area contributed by atoms with E-state index in [4.69, 9.17) is 0 Å². The van der Waals surface area contributed by atoms with Crippen molar-refractivity contribution in [2.45, 2.75) is 78.1 Å². The minimum absolute atomic E-state index is 0. The van der Waals surface area contributed by atoms with Crippen molar-refractivity contribution in [1.29, 1.82) is 0 Å². The first kappa shape index (κ1) is 35.8. The molecule has 188 valence electrons. The standard InChI is InChI=1S/C24H50N2O2S.2ClH/c1-7-9-11-13-15-23(27)21-25(3,4)17-19-29-20-18-26(5,6)22-24(28)16-14-12-10-8-2;;/h7-22H2,1-6H3;2*1H/q+2;;/p-2. The third-order valence-corrected chi connectivity index (χ3v) is 6.45. The third-order valence-electron chi connectivity index (χ3n) is 5.51. The first-order valence-electron chi connectivity index (χ1n) is 11.9. The van der Waals surface area contributed by atoms with E-state index in [9.17, 15) is 9.59 Å². The fourth-order valence-corrected chi connectivity index (χ4v) is 4.95. The number of likely N-dealkylation sites (N-methyl/N-ethyl adjacent to an activating group) is 2. The van der Waals surface area contributed by atoms with E-state index in [1.807, 2.05) is 11.8 Å². The number of hydrogen-bond acceptors (Lipinski definition) is 3. The highest BCUT2D eigenvalue weighted by atomic mass is 35.5.